The number of hydrogen-bond acceptors (Lipinski definition) is 2. The second-order valence-corrected chi connectivity index (χ2v) is 4.23. The molecule has 2 nitrogen and oxygen atoms in total. The molecule has 14 heavy (non-hydrogen) atoms. The fraction of sp³-hybridized carbons (Fsp3) is 1.00. The van der Waals surface area contributed by atoms with Crippen molar-refractivity contribution in [1.29, 1.82) is 0 Å². The summed E-state index contributed by atoms with van der Waals surface area (Å²) < 4.78 is 5.69. The average molecular weight is 201 g/mol. The van der Waals surface area contributed by atoms with Crippen LogP contribution in [-0.4, -0.2) is 36.7 Å². The van der Waals surface area contributed by atoms with Crippen LogP contribution in [0.25, 0.3) is 0 Å². The van der Waals surface area contributed by atoms with Gasteiger partial charge in [0.2, 0.25) is 0 Å². The first-order valence-electron chi connectivity index (χ1n) is 5.92. The molecular weight excluding hydrogens is 174 g/mol. The lowest BCUT2D eigenvalue weighted by atomic mass is 9.88. The summed E-state index contributed by atoms with van der Waals surface area (Å²) in [5, 5.41) is 0. The van der Waals surface area contributed by atoms with Crippen LogP contribution >= 0.6 is 0 Å². The van der Waals surface area contributed by atoms with E-state index in [9.17, 15) is 0 Å². The molecule has 0 aliphatic carbocycles. The fourth-order valence-corrected chi connectivity index (χ4v) is 1.83. The van der Waals surface area contributed by atoms with Crippen molar-refractivity contribution in [2.75, 3.05) is 20.1 Å². The highest BCUT2D eigenvalue weighted by atomic mass is 16.5. The van der Waals surface area contributed by atoms with Gasteiger partial charge in [0.1, 0.15) is 0 Å². The Hall–Kier alpha value is -0.0800. The Labute approximate surface area is 89.6 Å². The molecule has 0 aromatic carbocycles. The molecule has 0 amide bonds. The molecule has 1 aliphatic heterocycles. The molecule has 0 spiro atoms. The Morgan fingerprint density at radius 2 is 1.93 bits per heavy atom. The van der Waals surface area contributed by atoms with Crippen molar-refractivity contribution in [1.82, 2.24) is 4.90 Å². The summed E-state index contributed by atoms with van der Waals surface area (Å²) in [6, 6.07) is 0. The minimum Gasteiger partial charge on any atom is -0.372 e. The normalized spacial score (nSPS) is 30.6. The molecule has 2 unspecified atom stereocenters. The number of hydrogen-bond donors (Lipinski definition) is 0. The molecule has 0 aromatic heterocycles. The molecular formula is C12H27NO. The largest absolute Gasteiger partial charge is 0.372 e. The predicted octanol–water partition coefficient (Wildman–Crippen LogP) is 2.92. The number of rotatable bonds is 4. The zero-order chi connectivity index (χ0) is 11.2. The smallest absolute Gasteiger partial charge is 0.0694 e. The van der Waals surface area contributed by atoms with Crippen LogP contribution in [-0.2, 0) is 4.74 Å². The first kappa shape index (κ1) is 13.9. The Balaban J connectivity index is 0.000000791. The van der Waals surface area contributed by atoms with Crippen LogP contribution in [0.4, 0.5) is 0 Å². The van der Waals surface area contributed by atoms with Gasteiger partial charge in [0.05, 0.1) is 11.7 Å². The summed E-state index contributed by atoms with van der Waals surface area (Å²) in [4.78, 5) is 2.33. The van der Waals surface area contributed by atoms with Crippen molar-refractivity contribution in [3.8, 4) is 0 Å². The summed E-state index contributed by atoms with van der Waals surface area (Å²) >= 11 is 0. The van der Waals surface area contributed by atoms with E-state index in [-0.39, 0.29) is 5.60 Å². The second-order valence-electron chi connectivity index (χ2n) is 4.23. The molecule has 0 bridgehead atoms. The molecule has 2 atom stereocenters. The third-order valence-corrected chi connectivity index (χ3v) is 2.77. The maximum absolute atomic E-state index is 5.69. The Morgan fingerprint density at radius 1 is 1.43 bits per heavy atom. The van der Waals surface area contributed by atoms with Crippen molar-refractivity contribution < 1.29 is 4.74 Å². The van der Waals surface area contributed by atoms with Crippen molar-refractivity contribution in [3.05, 3.63) is 0 Å². The molecule has 2 heteroatoms. The standard InChI is InChI=1S/C10H21NO.C2H6/c1-5-11(4)7-6-10(3)8-9(2)12-10;1-2/h9H,5-8H2,1-4H3;1-2H3. The first-order chi connectivity index (χ1) is 6.56. The van der Waals surface area contributed by atoms with Crippen LogP contribution in [0.15, 0.2) is 0 Å². The van der Waals surface area contributed by atoms with Crippen LogP contribution in [0.1, 0.15) is 47.5 Å². The van der Waals surface area contributed by atoms with E-state index < -0.39 is 0 Å². The van der Waals surface area contributed by atoms with E-state index in [2.05, 4.69) is 32.7 Å². The van der Waals surface area contributed by atoms with Crippen molar-refractivity contribution >= 4 is 0 Å². The third-order valence-electron chi connectivity index (χ3n) is 2.77. The molecule has 86 valence electrons. The number of ether oxygens (including phenoxy) is 1. The summed E-state index contributed by atoms with van der Waals surface area (Å²) in [6.45, 7) is 12.8. The summed E-state index contributed by atoms with van der Waals surface area (Å²) in [5.74, 6) is 0. The lowest BCUT2D eigenvalue weighted by Gasteiger charge is -2.44. The van der Waals surface area contributed by atoms with Crippen LogP contribution in [0.5, 0.6) is 0 Å². The van der Waals surface area contributed by atoms with Gasteiger partial charge in [0.25, 0.3) is 0 Å². The van der Waals surface area contributed by atoms with E-state index in [4.69, 9.17) is 4.74 Å². The monoisotopic (exact) mass is 201 g/mol. The maximum atomic E-state index is 5.69. The van der Waals surface area contributed by atoms with E-state index in [1.54, 1.807) is 0 Å². The van der Waals surface area contributed by atoms with E-state index in [1.165, 1.54) is 12.8 Å². The van der Waals surface area contributed by atoms with Crippen molar-refractivity contribution in [2.24, 2.45) is 0 Å². The van der Waals surface area contributed by atoms with Crippen LogP contribution < -0.4 is 0 Å². The quantitative estimate of drug-likeness (QED) is 0.693. The molecule has 0 radical (unpaired) electrons. The highest BCUT2D eigenvalue weighted by Crippen LogP contribution is 2.34. The summed E-state index contributed by atoms with van der Waals surface area (Å²) in [6.07, 6.45) is 2.88. The van der Waals surface area contributed by atoms with Crippen molar-refractivity contribution in [2.45, 2.75) is 59.2 Å². The van der Waals surface area contributed by atoms with Gasteiger partial charge in [-0.2, -0.15) is 0 Å². The topological polar surface area (TPSA) is 12.5 Å². The van der Waals surface area contributed by atoms with E-state index >= 15 is 0 Å². The minimum absolute atomic E-state index is 0.183. The van der Waals surface area contributed by atoms with Gasteiger partial charge in [-0.15, -0.1) is 0 Å². The minimum atomic E-state index is 0.183. The van der Waals surface area contributed by atoms with Crippen molar-refractivity contribution in [3.63, 3.8) is 0 Å². The summed E-state index contributed by atoms with van der Waals surface area (Å²) in [7, 11) is 2.16. The maximum Gasteiger partial charge on any atom is 0.0694 e. The third kappa shape index (κ3) is 4.43. The Bertz CT molecular complexity index is 141. The van der Waals surface area contributed by atoms with Gasteiger partial charge in [-0.25, -0.2) is 0 Å². The van der Waals surface area contributed by atoms with E-state index in [0.29, 0.717) is 6.10 Å². The van der Waals surface area contributed by atoms with Gasteiger partial charge < -0.3 is 9.64 Å². The lowest BCUT2D eigenvalue weighted by molar-refractivity contribution is -0.191. The van der Waals surface area contributed by atoms with E-state index in [1.807, 2.05) is 13.8 Å². The van der Waals surface area contributed by atoms with Gasteiger partial charge in [-0.1, -0.05) is 20.8 Å². The average Bonchev–Trinajstić information content (AvgIpc) is 2.15. The number of nitrogens with zero attached hydrogens (tertiary/aromatic N) is 1. The zero-order valence-corrected chi connectivity index (χ0v) is 10.8. The highest BCUT2D eigenvalue weighted by molar-refractivity contribution is 4.88. The Morgan fingerprint density at radius 3 is 2.29 bits per heavy atom. The molecule has 1 fully saturated rings. The molecule has 1 heterocycles. The molecule has 0 aromatic rings. The van der Waals surface area contributed by atoms with Gasteiger partial charge in [0.15, 0.2) is 0 Å². The zero-order valence-electron chi connectivity index (χ0n) is 10.8. The molecule has 1 saturated heterocycles. The molecule has 1 aliphatic rings. The molecule has 1 rings (SSSR count). The van der Waals surface area contributed by atoms with Gasteiger partial charge in [-0.3, -0.25) is 0 Å². The van der Waals surface area contributed by atoms with Crippen LogP contribution in [0.2, 0.25) is 0 Å². The van der Waals surface area contributed by atoms with Gasteiger partial charge >= 0.3 is 0 Å². The molecule has 0 saturated carbocycles. The predicted molar refractivity (Wildman–Crippen MR) is 62.7 cm³/mol. The lowest BCUT2D eigenvalue weighted by Crippen LogP contribution is -2.48. The van der Waals surface area contributed by atoms with E-state index in [0.717, 1.165) is 13.1 Å². The first-order valence-corrected chi connectivity index (χ1v) is 5.92. The van der Waals surface area contributed by atoms with Gasteiger partial charge in [0, 0.05) is 13.0 Å². The van der Waals surface area contributed by atoms with Crippen LogP contribution in [0.3, 0.4) is 0 Å². The molecule has 0 N–H and O–H groups in total. The summed E-state index contributed by atoms with van der Waals surface area (Å²) in [5.41, 5.74) is 0.183. The highest BCUT2D eigenvalue weighted by Gasteiger charge is 2.38. The second kappa shape index (κ2) is 6.41. The fourth-order valence-electron chi connectivity index (χ4n) is 1.83. The van der Waals surface area contributed by atoms with Crippen LogP contribution in [0, 0.1) is 0 Å². The SMILES string of the molecule is CC.CCN(C)CCC1(C)CC(C)O1. The van der Waals surface area contributed by atoms with Gasteiger partial charge in [-0.05, 0) is 33.9 Å². The Kier molecular flexibility index (Phi) is 6.38.